The maximum atomic E-state index is 11.7. The van der Waals surface area contributed by atoms with Crippen molar-refractivity contribution in [1.82, 2.24) is 5.32 Å². The lowest BCUT2D eigenvalue weighted by atomic mass is 10.1. The maximum absolute atomic E-state index is 11.7. The quantitative estimate of drug-likeness (QED) is 0.750. The first-order valence-electron chi connectivity index (χ1n) is 6.24. The Balaban J connectivity index is 2.23. The van der Waals surface area contributed by atoms with E-state index in [1.165, 1.54) is 18.6 Å². The van der Waals surface area contributed by atoms with Crippen molar-refractivity contribution in [2.75, 3.05) is 12.3 Å². The molecule has 16 heavy (non-hydrogen) atoms. The van der Waals surface area contributed by atoms with Crippen molar-refractivity contribution < 1.29 is 4.79 Å². The Labute approximate surface area is 103 Å². The molecule has 0 aliphatic carbocycles. The molecule has 0 spiro atoms. The highest BCUT2D eigenvalue weighted by molar-refractivity contribution is 8.00. The van der Waals surface area contributed by atoms with Gasteiger partial charge >= 0.3 is 0 Å². The van der Waals surface area contributed by atoms with Crippen LogP contribution in [0.15, 0.2) is 0 Å². The molecule has 0 aromatic heterocycles. The van der Waals surface area contributed by atoms with Gasteiger partial charge in [-0.3, -0.25) is 4.79 Å². The zero-order valence-electron chi connectivity index (χ0n) is 10.4. The molecular formula is C12H24N2OS. The van der Waals surface area contributed by atoms with Crippen LogP contribution < -0.4 is 11.1 Å². The molecule has 0 bridgehead atoms. The Morgan fingerprint density at radius 3 is 2.94 bits per heavy atom. The molecule has 3 N–H and O–H groups in total. The molecule has 3 nitrogen and oxygen atoms in total. The highest BCUT2D eigenvalue weighted by atomic mass is 32.2. The molecule has 1 amide bonds. The molecule has 1 unspecified atom stereocenters. The summed E-state index contributed by atoms with van der Waals surface area (Å²) in [7, 11) is 0. The van der Waals surface area contributed by atoms with Crippen LogP contribution in [0, 0.1) is 0 Å². The highest BCUT2D eigenvalue weighted by Gasteiger charge is 2.30. The first kappa shape index (κ1) is 13.8. The Kier molecular flexibility index (Phi) is 5.62. The standard InChI is InChI=1S/C12H24N2OS/c1-3-4-6-10(13)11(15)14-9-12(2)7-5-8-16-12/h10H,3-9,13H2,1-2H3,(H,14,15)/t10-,12?/m0/s1. The average molecular weight is 244 g/mol. The van der Waals surface area contributed by atoms with E-state index in [0.29, 0.717) is 0 Å². The number of carbonyl (C=O) groups is 1. The maximum Gasteiger partial charge on any atom is 0.236 e. The molecule has 0 aromatic carbocycles. The minimum absolute atomic E-state index is 0.0159. The second-order valence-electron chi connectivity index (χ2n) is 4.87. The van der Waals surface area contributed by atoms with E-state index in [2.05, 4.69) is 19.2 Å². The number of rotatable bonds is 6. The van der Waals surface area contributed by atoms with Crippen LogP contribution in [0.1, 0.15) is 46.0 Å². The van der Waals surface area contributed by atoms with E-state index in [-0.39, 0.29) is 16.7 Å². The number of nitrogens with one attached hydrogen (secondary N) is 1. The third kappa shape index (κ3) is 4.34. The van der Waals surface area contributed by atoms with Crippen LogP contribution >= 0.6 is 11.8 Å². The zero-order chi connectivity index (χ0) is 12.0. The molecule has 4 heteroatoms. The fourth-order valence-electron chi connectivity index (χ4n) is 1.94. The first-order chi connectivity index (χ1) is 7.57. The SMILES string of the molecule is CCCC[C@H](N)C(=O)NCC1(C)CCCS1. The van der Waals surface area contributed by atoms with E-state index in [9.17, 15) is 4.79 Å². The Bertz CT molecular complexity index is 227. The third-order valence-electron chi connectivity index (χ3n) is 3.14. The first-order valence-corrected chi connectivity index (χ1v) is 7.23. The highest BCUT2D eigenvalue weighted by Crippen LogP contribution is 2.36. The fourth-order valence-corrected chi connectivity index (χ4v) is 3.18. The Morgan fingerprint density at radius 1 is 1.62 bits per heavy atom. The summed E-state index contributed by atoms with van der Waals surface area (Å²) in [5.74, 6) is 1.23. The summed E-state index contributed by atoms with van der Waals surface area (Å²) in [6.07, 6.45) is 5.38. The van der Waals surface area contributed by atoms with Crippen molar-refractivity contribution in [1.29, 1.82) is 0 Å². The molecular weight excluding hydrogens is 220 g/mol. The van der Waals surface area contributed by atoms with Crippen molar-refractivity contribution >= 4 is 17.7 Å². The number of unbranched alkanes of at least 4 members (excludes halogenated alkanes) is 1. The summed E-state index contributed by atoms with van der Waals surface area (Å²) in [5, 5.41) is 2.99. The lowest BCUT2D eigenvalue weighted by molar-refractivity contribution is -0.122. The zero-order valence-corrected chi connectivity index (χ0v) is 11.2. The van der Waals surface area contributed by atoms with E-state index < -0.39 is 0 Å². The van der Waals surface area contributed by atoms with Gasteiger partial charge in [-0.1, -0.05) is 19.8 Å². The number of thioether (sulfide) groups is 1. The van der Waals surface area contributed by atoms with Gasteiger partial charge in [0.1, 0.15) is 0 Å². The number of hydrogen-bond donors (Lipinski definition) is 2. The summed E-state index contributed by atoms with van der Waals surface area (Å²) in [6, 6.07) is -0.324. The van der Waals surface area contributed by atoms with Crippen LogP contribution in [0.5, 0.6) is 0 Å². The van der Waals surface area contributed by atoms with Crippen molar-refractivity contribution in [3.05, 3.63) is 0 Å². The van der Waals surface area contributed by atoms with Crippen LogP contribution in [0.25, 0.3) is 0 Å². The predicted molar refractivity (Wildman–Crippen MR) is 70.6 cm³/mol. The van der Waals surface area contributed by atoms with Gasteiger partial charge in [0.2, 0.25) is 5.91 Å². The van der Waals surface area contributed by atoms with Gasteiger partial charge in [0.15, 0.2) is 0 Å². The topological polar surface area (TPSA) is 55.1 Å². The molecule has 94 valence electrons. The summed E-state index contributed by atoms with van der Waals surface area (Å²) in [4.78, 5) is 11.7. The molecule has 2 atom stereocenters. The third-order valence-corrected chi connectivity index (χ3v) is 4.68. The number of carbonyl (C=O) groups excluding carboxylic acids is 1. The van der Waals surface area contributed by atoms with Gasteiger partial charge in [-0.25, -0.2) is 0 Å². The molecule has 1 aliphatic heterocycles. The summed E-state index contributed by atoms with van der Waals surface area (Å²) in [6.45, 7) is 5.10. The van der Waals surface area contributed by atoms with E-state index in [1.807, 2.05) is 11.8 Å². The molecule has 0 aromatic rings. The second-order valence-corrected chi connectivity index (χ2v) is 6.55. The van der Waals surface area contributed by atoms with Gasteiger partial charge in [-0.05, 0) is 31.9 Å². The molecule has 0 saturated carbocycles. The largest absolute Gasteiger partial charge is 0.353 e. The monoisotopic (exact) mass is 244 g/mol. The molecule has 1 heterocycles. The minimum Gasteiger partial charge on any atom is -0.353 e. The van der Waals surface area contributed by atoms with Gasteiger partial charge in [0.25, 0.3) is 0 Å². The minimum atomic E-state index is -0.324. The number of amides is 1. The second kappa shape index (κ2) is 6.50. The lowest BCUT2D eigenvalue weighted by Crippen LogP contribution is -2.45. The van der Waals surface area contributed by atoms with Crippen molar-refractivity contribution in [3.8, 4) is 0 Å². The Morgan fingerprint density at radius 2 is 2.38 bits per heavy atom. The molecule has 1 fully saturated rings. The average Bonchev–Trinajstić information content (AvgIpc) is 2.70. The van der Waals surface area contributed by atoms with Gasteiger partial charge < -0.3 is 11.1 Å². The fraction of sp³-hybridized carbons (Fsp3) is 0.917. The smallest absolute Gasteiger partial charge is 0.236 e. The molecule has 1 rings (SSSR count). The van der Waals surface area contributed by atoms with Crippen LogP contribution in [-0.4, -0.2) is 29.0 Å². The van der Waals surface area contributed by atoms with Crippen molar-refractivity contribution in [3.63, 3.8) is 0 Å². The van der Waals surface area contributed by atoms with Crippen LogP contribution in [-0.2, 0) is 4.79 Å². The van der Waals surface area contributed by atoms with Gasteiger partial charge in [0.05, 0.1) is 6.04 Å². The summed E-state index contributed by atoms with van der Waals surface area (Å²) >= 11 is 1.96. The van der Waals surface area contributed by atoms with Gasteiger partial charge in [-0.2, -0.15) is 11.8 Å². The number of nitrogens with two attached hydrogens (primary N) is 1. The van der Waals surface area contributed by atoms with E-state index in [4.69, 9.17) is 5.73 Å². The Hall–Kier alpha value is -0.220. The predicted octanol–water partition coefficient (Wildman–Crippen LogP) is 1.91. The van der Waals surface area contributed by atoms with E-state index in [0.717, 1.165) is 25.8 Å². The van der Waals surface area contributed by atoms with Crippen LogP contribution in [0.3, 0.4) is 0 Å². The van der Waals surface area contributed by atoms with Crippen molar-refractivity contribution in [2.24, 2.45) is 5.73 Å². The van der Waals surface area contributed by atoms with Crippen LogP contribution in [0.2, 0.25) is 0 Å². The van der Waals surface area contributed by atoms with E-state index >= 15 is 0 Å². The number of hydrogen-bond acceptors (Lipinski definition) is 3. The summed E-state index contributed by atoms with van der Waals surface area (Å²) < 4.78 is 0.236. The summed E-state index contributed by atoms with van der Waals surface area (Å²) in [5.41, 5.74) is 5.81. The van der Waals surface area contributed by atoms with E-state index in [1.54, 1.807) is 0 Å². The van der Waals surface area contributed by atoms with Gasteiger partial charge in [0, 0.05) is 11.3 Å². The van der Waals surface area contributed by atoms with Gasteiger partial charge in [-0.15, -0.1) is 0 Å². The van der Waals surface area contributed by atoms with Crippen molar-refractivity contribution in [2.45, 2.75) is 56.7 Å². The van der Waals surface area contributed by atoms with Crippen LogP contribution in [0.4, 0.5) is 0 Å². The molecule has 0 radical (unpaired) electrons. The lowest BCUT2D eigenvalue weighted by Gasteiger charge is -2.24. The normalized spacial score (nSPS) is 26.7. The molecule has 1 aliphatic rings. The molecule has 1 saturated heterocycles.